The number of anilines is 1. The lowest BCUT2D eigenvalue weighted by Gasteiger charge is -2.47. The van der Waals surface area contributed by atoms with E-state index in [0.29, 0.717) is 11.0 Å². The average molecular weight is 387 g/mol. The molecule has 0 unspecified atom stereocenters. The second kappa shape index (κ2) is 6.87. The molecule has 2 aliphatic heterocycles. The number of nitrogens with zero attached hydrogens (tertiary/aromatic N) is 2. The predicted molar refractivity (Wildman–Crippen MR) is 108 cm³/mol. The van der Waals surface area contributed by atoms with E-state index in [1.807, 2.05) is 43.9 Å². The average Bonchev–Trinajstić information content (AvgIpc) is 3.00. The Kier molecular flexibility index (Phi) is 4.63. The maximum absolute atomic E-state index is 12.3. The summed E-state index contributed by atoms with van der Waals surface area (Å²) >= 11 is 0. The highest BCUT2D eigenvalue weighted by molar-refractivity contribution is 5.77. The molecule has 0 aliphatic carbocycles. The van der Waals surface area contributed by atoms with Crippen LogP contribution in [0.2, 0.25) is 0 Å². The van der Waals surface area contributed by atoms with Crippen LogP contribution in [0.3, 0.4) is 0 Å². The van der Waals surface area contributed by atoms with Crippen molar-refractivity contribution in [2.24, 2.45) is 5.41 Å². The van der Waals surface area contributed by atoms with Crippen molar-refractivity contribution in [2.45, 2.75) is 52.1 Å². The molecule has 7 heteroatoms. The number of amides is 1. The Morgan fingerprint density at radius 2 is 1.75 bits per heavy atom. The molecule has 2 aromatic rings. The number of aromatic amines is 1. The largest absolute Gasteiger partial charge is 0.444 e. The van der Waals surface area contributed by atoms with Crippen LogP contribution in [0.1, 0.15) is 46.5 Å². The highest BCUT2D eigenvalue weighted by Crippen LogP contribution is 2.42. The van der Waals surface area contributed by atoms with Crippen LogP contribution in [-0.4, -0.2) is 47.8 Å². The maximum Gasteiger partial charge on any atom is 0.417 e. The molecule has 2 saturated heterocycles. The van der Waals surface area contributed by atoms with Crippen molar-refractivity contribution < 1.29 is 13.9 Å². The van der Waals surface area contributed by atoms with Gasteiger partial charge in [0, 0.05) is 37.9 Å². The second-order valence-corrected chi connectivity index (χ2v) is 9.15. The van der Waals surface area contributed by atoms with Gasteiger partial charge in [0.1, 0.15) is 5.60 Å². The Bertz CT molecular complexity index is 906. The van der Waals surface area contributed by atoms with Gasteiger partial charge in [-0.3, -0.25) is 4.98 Å². The van der Waals surface area contributed by atoms with E-state index in [0.717, 1.165) is 63.1 Å². The van der Waals surface area contributed by atoms with Gasteiger partial charge in [-0.05, 0) is 64.0 Å². The second-order valence-electron chi connectivity index (χ2n) is 9.15. The molecule has 0 atom stereocenters. The van der Waals surface area contributed by atoms with Gasteiger partial charge in [-0.2, -0.15) is 0 Å². The van der Waals surface area contributed by atoms with E-state index in [1.54, 1.807) is 0 Å². The smallest absolute Gasteiger partial charge is 0.417 e. The van der Waals surface area contributed by atoms with Crippen molar-refractivity contribution in [1.29, 1.82) is 0 Å². The van der Waals surface area contributed by atoms with Crippen LogP contribution in [-0.2, 0) is 4.74 Å². The number of oxazole rings is 1. The van der Waals surface area contributed by atoms with Gasteiger partial charge in [-0.15, -0.1) is 0 Å². The molecule has 3 heterocycles. The van der Waals surface area contributed by atoms with Crippen molar-refractivity contribution in [3.8, 4) is 0 Å². The SMILES string of the molecule is CC(C)(C)OC(=O)N1CCC2(CC1)CCN(c1ccc3[nH]c(=O)oc3c1)CC2. The van der Waals surface area contributed by atoms with Gasteiger partial charge < -0.3 is 19.0 Å². The topological polar surface area (TPSA) is 78.8 Å². The number of fused-ring (bicyclic) bond motifs is 1. The highest BCUT2D eigenvalue weighted by atomic mass is 16.6. The van der Waals surface area contributed by atoms with Crippen LogP contribution in [0.5, 0.6) is 0 Å². The van der Waals surface area contributed by atoms with Crippen molar-refractivity contribution in [1.82, 2.24) is 9.88 Å². The van der Waals surface area contributed by atoms with Crippen molar-refractivity contribution in [3.05, 3.63) is 28.7 Å². The third kappa shape index (κ3) is 3.88. The zero-order chi connectivity index (χ0) is 19.9. The van der Waals surface area contributed by atoms with Gasteiger partial charge >= 0.3 is 11.8 Å². The number of piperidine rings is 2. The maximum atomic E-state index is 12.3. The summed E-state index contributed by atoms with van der Waals surface area (Å²) in [5.41, 5.74) is 2.30. The number of H-pyrrole nitrogens is 1. The third-order valence-corrected chi connectivity index (χ3v) is 6.07. The molecular formula is C21H29N3O4. The van der Waals surface area contributed by atoms with Crippen LogP contribution >= 0.6 is 0 Å². The van der Waals surface area contributed by atoms with E-state index in [-0.39, 0.29) is 6.09 Å². The molecule has 0 radical (unpaired) electrons. The Morgan fingerprint density at radius 1 is 1.11 bits per heavy atom. The lowest BCUT2D eigenvalue weighted by molar-refractivity contribution is 0.00666. The normalized spacial score (nSPS) is 20.0. The molecule has 1 spiro atoms. The fraction of sp³-hybridized carbons (Fsp3) is 0.619. The zero-order valence-corrected chi connectivity index (χ0v) is 16.9. The molecule has 4 rings (SSSR count). The first-order valence-corrected chi connectivity index (χ1v) is 10.1. The summed E-state index contributed by atoms with van der Waals surface area (Å²) in [5.74, 6) is -0.415. The van der Waals surface area contributed by atoms with Crippen LogP contribution in [0.25, 0.3) is 11.1 Å². The van der Waals surface area contributed by atoms with Crippen LogP contribution in [0.4, 0.5) is 10.5 Å². The third-order valence-electron chi connectivity index (χ3n) is 6.07. The van der Waals surface area contributed by atoms with Gasteiger partial charge in [0.05, 0.1) is 5.52 Å². The lowest BCUT2D eigenvalue weighted by atomic mass is 9.71. The first kappa shape index (κ1) is 18.9. The Balaban J connectivity index is 1.35. The quantitative estimate of drug-likeness (QED) is 0.806. The van der Waals surface area contributed by atoms with Gasteiger partial charge in [0.2, 0.25) is 0 Å². The molecule has 1 amide bonds. The molecule has 2 aliphatic rings. The first-order chi connectivity index (χ1) is 13.2. The minimum atomic E-state index is -0.447. The predicted octanol–water partition coefficient (Wildman–Crippen LogP) is 3.74. The molecular weight excluding hydrogens is 358 g/mol. The van der Waals surface area contributed by atoms with Crippen molar-refractivity contribution in [3.63, 3.8) is 0 Å². The lowest BCUT2D eigenvalue weighted by Crippen LogP contribution is -2.49. The molecule has 0 saturated carbocycles. The number of likely N-dealkylation sites (tertiary alicyclic amines) is 1. The number of benzene rings is 1. The van der Waals surface area contributed by atoms with E-state index in [9.17, 15) is 9.59 Å². The molecule has 152 valence electrons. The summed E-state index contributed by atoms with van der Waals surface area (Å²) in [5, 5.41) is 0. The standard InChI is InChI=1S/C21H29N3O4/c1-20(2,3)28-19(26)24-12-8-21(9-13-24)6-10-23(11-7-21)15-4-5-16-17(14-15)27-18(25)22-16/h4-5,14H,6-13H2,1-3H3,(H,22,25). The summed E-state index contributed by atoms with van der Waals surface area (Å²) in [6, 6.07) is 5.88. The number of aromatic nitrogens is 1. The minimum Gasteiger partial charge on any atom is -0.444 e. The number of hydrogen-bond donors (Lipinski definition) is 1. The monoisotopic (exact) mass is 387 g/mol. The van der Waals surface area contributed by atoms with Gasteiger partial charge in [0.25, 0.3) is 0 Å². The number of carbonyl (C=O) groups is 1. The molecule has 1 aromatic heterocycles. The Morgan fingerprint density at radius 3 is 2.39 bits per heavy atom. The van der Waals surface area contributed by atoms with Gasteiger partial charge in [0.15, 0.2) is 5.58 Å². The fourth-order valence-corrected chi connectivity index (χ4v) is 4.36. The number of carbonyl (C=O) groups excluding carboxylic acids is 1. The Hall–Kier alpha value is -2.44. The van der Waals surface area contributed by atoms with Crippen LogP contribution in [0, 0.1) is 5.41 Å². The molecule has 7 nitrogen and oxygen atoms in total. The number of rotatable bonds is 1. The van der Waals surface area contributed by atoms with E-state index in [1.165, 1.54) is 0 Å². The molecule has 28 heavy (non-hydrogen) atoms. The fourth-order valence-electron chi connectivity index (χ4n) is 4.36. The number of nitrogens with one attached hydrogen (secondary N) is 1. The molecule has 1 N–H and O–H groups in total. The molecule has 1 aromatic carbocycles. The summed E-state index contributed by atoms with van der Waals surface area (Å²) in [4.78, 5) is 30.5. The van der Waals surface area contributed by atoms with Crippen molar-refractivity contribution >= 4 is 22.9 Å². The minimum absolute atomic E-state index is 0.193. The van der Waals surface area contributed by atoms with Gasteiger partial charge in [-0.25, -0.2) is 9.59 Å². The van der Waals surface area contributed by atoms with E-state index < -0.39 is 11.4 Å². The number of ether oxygens (including phenoxy) is 1. The summed E-state index contributed by atoms with van der Waals surface area (Å²) < 4.78 is 10.7. The summed E-state index contributed by atoms with van der Waals surface area (Å²) in [6.45, 7) is 9.22. The van der Waals surface area contributed by atoms with Crippen LogP contribution < -0.4 is 10.7 Å². The summed E-state index contributed by atoms with van der Waals surface area (Å²) in [7, 11) is 0. The van der Waals surface area contributed by atoms with Crippen molar-refractivity contribution in [2.75, 3.05) is 31.1 Å². The first-order valence-electron chi connectivity index (χ1n) is 10.1. The highest BCUT2D eigenvalue weighted by Gasteiger charge is 2.39. The Labute approximate surface area is 164 Å². The summed E-state index contributed by atoms with van der Waals surface area (Å²) in [6.07, 6.45) is 4.10. The van der Waals surface area contributed by atoms with E-state index >= 15 is 0 Å². The van der Waals surface area contributed by atoms with E-state index in [4.69, 9.17) is 9.15 Å². The zero-order valence-electron chi connectivity index (χ0n) is 16.9. The van der Waals surface area contributed by atoms with Crippen LogP contribution in [0.15, 0.2) is 27.4 Å². The number of hydrogen-bond acceptors (Lipinski definition) is 5. The molecule has 0 bridgehead atoms. The van der Waals surface area contributed by atoms with E-state index in [2.05, 4.69) is 9.88 Å². The molecule has 2 fully saturated rings. The van der Waals surface area contributed by atoms with Gasteiger partial charge in [-0.1, -0.05) is 0 Å².